The van der Waals surface area contributed by atoms with Crippen molar-refractivity contribution in [2.24, 2.45) is 0 Å². The topological polar surface area (TPSA) is 26.2 Å². The standard InChI is InChI=1S/C15H26N2O/c1-5-17-12(2)9-14(13(17)3)10-16-15(4)7-6-8-18-11-15/h9,16H,5-8,10-11H2,1-4H3. The summed E-state index contributed by atoms with van der Waals surface area (Å²) in [5.74, 6) is 0. The first-order chi connectivity index (χ1) is 8.56. The minimum Gasteiger partial charge on any atom is -0.380 e. The van der Waals surface area contributed by atoms with E-state index in [9.17, 15) is 0 Å². The van der Waals surface area contributed by atoms with Gasteiger partial charge in [-0.2, -0.15) is 0 Å². The lowest BCUT2D eigenvalue weighted by Crippen LogP contribution is -2.48. The van der Waals surface area contributed by atoms with Crippen LogP contribution in [0.15, 0.2) is 6.07 Å². The predicted molar refractivity (Wildman–Crippen MR) is 74.9 cm³/mol. The molecule has 1 aliphatic heterocycles. The Hall–Kier alpha value is -0.800. The maximum absolute atomic E-state index is 5.59. The fourth-order valence-corrected chi connectivity index (χ4v) is 2.92. The van der Waals surface area contributed by atoms with Crippen molar-refractivity contribution in [1.29, 1.82) is 0 Å². The van der Waals surface area contributed by atoms with Crippen LogP contribution >= 0.6 is 0 Å². The number of aryl methyl sites for hydroxylation is 1. The highest BCUT2D eigenvalue weighted by molar-refractivity contribution is 5.26. The molecule has 1 aromatic rings. The summed E-state index contributed by atoms with van der Waals surface area (Å²) in [6.45, 7) is 12.6. The predicted octanol–water partition coefficient (Wildman–Crippen LogP) is 2.78. The summed E-state index contributed by atoms with van der Waals surface area (Å²) in [5.41, 5.74) is 4.31. The third-order valence-corrected chi connectivity index (χ3v) is 4.14. The van der Waals surface area contributed by atoms with Crippen LogP contribution in [0.5, 0.6) is 0 Å². The van der Waals surface area contributed by atoms with Crippen molar-refractivity contribution < 1.29 is 4.74 Å². The number of rotatable bonds is 4. The Kier molecular flexibility index (Phi) is 4.13. The second-order valence-corrected chi connectivity index (χ2v) is 5.71. The van der Waals surface area contributed by atoms with Crippen LogP contribution < -0.4 is 5.32 Å². The molecule has 1 aromatic heterocycles. The molecule has 3 nitrogen and oxygen atoms in total. The van der Waals surface area contributed by atoms with Crippen molar-refractivity contribution in [2.45, 2.75) is 59.2 Å². The molecule has 0 saturated carbocycles. The highest BCUT2D eigenvalue weighted by Gasteiger charge is 2.27. The molecule has 0 aliphatic carbocycles. The average molecular weight is 250 g/mol. The molecule has 1 unspecified atom stereocenters. The zero-order valence-electron chi connectivity index (χ0n) is 12.2. The average Bonchev–Trinajstić information content (AvgIpc) is 2.62. The molecule has 0 radical (unpaired) electrons. The van der Waals surface area contributed by atoms with Gasteiger partial charge in [0.15, 0.2) is 0 Å². The van der Waals surface area contributed by atoms with E-state index in [1.165, 1.54) is 23.4 Å². The Morgan fingerprint density at radius 3 is 2.78 bits per heavy atom. The van der Waals surface area contributed by atoms with Crippen molar-refractivity contribution in [1.82, 2.24) is 9.88 Å². The Morgan fingerprint density at radius 2 is 2.22 bits per heavy atom. The second-order valence-electron chi connectivity index (χ2n) is 5.71. The molecule has 1 atom stereocenters. The second kappa shape index (κ2) is 5.45. The van der Waals surface area contributed by atoms with Crippen LogP contribution in [-0.2, 0) is 17.8 Å². The maximum atomic E-state index is 5.59. The molecule has 2 heterocycles. The van der Waals surface area contributed by atoms with Gasteiger partial charge in [-0.3, -0.25) is 0 Å². The van der Waals surface area contributed by atoms with E-state index < -0.39 is 0 Å². The Bertz CT molecular complexity index is 403. The molecule has 1 N–H and O–H groups in total. The van der Waals surface area contributed by atoms with Gasteiger partial charge in [-0.1, -0.05) is 0 Å². The van der Waals surface area contributed by atoms with Crippen LogP contribution in [0.25, 0.3) is 0 Å². The molecule has 1 aliphatic rings. The van der Waals surface area contributed by atoms with E-state index in [1.807, 2.05) is 0 Å². The lowest BCUT2D eigenvalue weighted by molar-refractivity contribution is 0.0277. The molecule has 3 heteroatoms. The number of hydrogen-bond acceptors (Lipinski definition) is 2. The largest absolute Gasteiger partial charge is 0.380 e. The number of nitrogens with one attached hydrogen (secondary N) is 1. The zero-order chi connectivity index (χ0) is 13.2. The van der Waals surface area contributed by atoms with Crippen molar-refractivity contribution in [3.05, 3.63) is 23.0 Å². The van der Waals surface area contributed by atoms with Gasteiger partial charge in [-0.15, -0.1) is 0 Å². The first kappa shape index (κ1) is 13.6. The van der Waals surface area contributed by atoms with Crippen LogP contribution in [0.1, 0.15) is 43.6 Å². The molecule has 0 bridgehead atoms. The Balaban J connectivity index is 2.01. The molecule has 0 spiro atoms. The van der Waals surface area contributed by atoms with Crippen molar-refractivity contribution >= 4 is 0 Å². The third-order valence-electron chi connectivity index (χ3n) is 4.14. The van der Waals surface area contributed by atoms with E-state index in [1.54, 1.807) is 0 Å². The van der Waals surface area contributed by atoms with Crippen molar-refractivity contribution in [2.75, 3.05) is 13.2 Å². The van der Waals surface area contributed by atoms with Gasteiger partial charge in [0, 0.05) is 36.6 Å². The maximum Gasteiger partial charge on any atom is 0.0645 e. The summed E-state index contributed by atoms with van der Waals surface area (Å²) in [5, 5.41) is 3.68. The molecule has 0 amide bonds. The fourth-order valence-electron chi connectivity index (χ4n) is 2.92. The number of aromatic nitrogens is 1. The normalized spacial score (nSPS) is 24.4. The summed E-state index contributed by atoms with van der Waals surface area (Å²) in [6, 6.07) is 2.30. The minimum atomic E-state index is 0.146. The highest BCUT2D eigenvalue weighted by atomic mass is 16.5. The first-order valence-electron chi connectivity index (χ1n) is 7.04. The van der Waals surface area contributed by atoms with Gasteiger partial charge in [0.25, 0.3) is 0 Å². The summed E-state index contributed by atoms with van der Waals surface area (Å²) in [7, 11) is 0. The monoisotopic (exact) mass is 250 g/mol. The van der Waals surface area contributed by atoms with E-state index in [-0.39, 0.29) is 5.54 Å². The SMILES string of the molecule is CCn1c(C)cc(CNC2(C)CCCOC2)c1C. The van der Waals surface area contributed by atoms with E-state index in [4.69, 9.17) is 4.74 Å². The molecule has 2 rings (SSSR count). The van der Waals surface area contributed by atoms with Gasteiger partial charge in [-0.05, 0) is 52.2 Å². The first-order valence-corrected chi connectivity index (χ1v) is 7.04. The van der Waals surface area contributed by atoms with Crippen LogP contribution in [-0.4, -0.2) is 23.3 Å². The Labute approximate surface area is 111 Å². The zero-order valence-corrected chi connectivity index (χ0v) is 12.2. The van der Waals surface area contributed by atoms with Crippen LogP contribution in [0.3, 0.4) is 0 Å². The molecule has 1 fully saturated rings. The summed E-state index contributed by atoms with van der Waals surface area (Å²) >= 11 is 0. The number of ether oxygens (including phenoxy) is 1. The van der Waals surface area contributed by atoms with E-state index in [0.29, 0.717) is 0 Å². The quantitative estimate of drug-likeness (QED) is 0.889. The van der Waals surface area contributed by atoms with Gasteiger partial charge in [0.2, 0.25) is 0 Å². The molecular formula is C15H26N2O. The molecule has 1 saturated heterocycles. The summed E-state index contributed by atoms with van der Waals surface area (Å²) in [4.78, 5) is 0. The summed E-state index contributed by atoms with van der Waals surface area (Å²) in [6.07, 6.45) is 2.37. The van der Waals surface area contributed by atoms with Gasteiger partial charge < -0.3 is 14.6 Å². The molecule has 0 aromatic carbocycles. The van der Waals surface area contributed by atoms with Gasteiger partial charge in [-0.25, -0.2) is 0 Å². The van der Waals surface area contributed by atoms with Crippen LogP contribution in [0.2, 0.25) is 0 Å². The molecular weight excluding hydrogens is 224 g/mol. The summed E-state index contributed by atoms with van der Waals surface area (Å²) < 4.78 is 7.96. The molecule has 102 valence electrons. The lowest BCUT2D eigenvalue weighted by Gasteiger charge is -2.34. The lowest BCUT2D eigenvalue weighted by atomic mass is 9.94. The van der Waals surface area contributed by atoms with E-state index in [2.05, 4.69) is 43.6 Å². The van der Waals surface area contributed by atoms with Crippen LogP contribution in [0, 0.1) is 13.8 Å². The van der Waals surface area contributed by atoms with Crippen LogP contribution in [0.4, 0.5) is 0 Å². The Morgan fingerprint density at radius 1 is 1.44 bits per heavy atom. The van der Waals surface area contributed by atoms with Gasteiger partial charge in [0.05, 0.1) is 6.61 Å². The van der Waals surface area contributed by atoms with Crippen molar-refractivity contribution in [3.63, 3.8) is 0 Å². The third kappa shape index (κ3) is 2.78. The fraction of sp³-hybridized carbons (Fsp3) is 0.733. The smallest absolute Gasteiger partial charge is 0.0645 e. The number of nitrogens with zero attached hydrogens (tertiary/aromatic N) is 1. The van der Waals surface area contributed by atoms with Crippen molar-refractivity contribution in [3.8, 4) is 0 Å². The van der Waals surface area contributed by atoms with E-state index in [0.717, 1.165) is 32.7 Å². The number of hydrogen-bond donors (Lipinski definition) is 1. The minimum absolute atomic E-state index is 0.146. The van der Waals surface area contributed by atoms with E-state index >= 15 is 0 Å². The molecule has 18 heavy (non-hydrogen) atoms. The van der Waals surface area contributed by atoms with Gasteiger partial charge >= 0.3 is 0 Å². The highest BCUT2D eigenvalue weighted by Crippen LogP contribution is 2.21. The van der Waals surface area contributed by atoms with Gasteiger partial charge in [0.1, 0.15) is 0 Å².